The Morgan fingerprint density at radius 3 is 3.11 bits per heavy atom. The maximum Gasteiger partial charge on any atom is 0.205 e. The summed E-state index contributed by atoms with van der Waals surface area (Å²) in [6.45, 7) is 1.37. The van der Waals surface area contributed by atoms with E-state index in [1.165, 1.54) is 16.7 Å². The predicted molar refractivity (Wildman–Crippen MR) is 71.4 cm³/mol. The van der Waals surface area contributed by atoms with Crippen LogP contribution in [0.2, 0.25) is 0 Å². The van der Waals surface area contributed by atoms with E-state index in [0.717, 1.165) is 17.7 Å². The molecule has 1 unspecified atom stereocenters. The van der Waals surface area contributed by atoms with Crippen molar-refractivity contribution < 1.29 is 4.39 Å². The number of nitrogens with one attached hydrogen (secondary N) is 2. The molecule has 1 aliphatic carbocycles. The summed E-state index contributed by atoms with van der Waals surface area (Å²) in [5.41, 5.74) is 3.76. The van der Waals surface area contributed by atoms with Crippen LogP contribution in [-0.4, -0.2) is 24.1 Å². The number of hydrogen-bond donors (Lipinski definition) is 2. The number of nitriles is 1. The molecule has 0 saturated carbocycles. The van der Waals surface area contributed by atoms with Crippen LogP contribution in [0.5, 0.6) is 0 Å². The Balaban J connectivity index is 2.09. The third-order valence-corrected chi connectivity index (χ3v) is 3.51. The molecule has 1 atom stereocenters. The Bertz CT molecular complexity index is 521. The second kappa shape index (κ2) is 5.70. The molecule has 0 amide bonds. The average molecular weight is 260 g/mol. The van der Waals surface area contributed by atoms with Crippen molar-refractivity contribution in [3.05, 3.63) is 34.9 Å². The molecule has 0 aromatic heterocycles. The first-order valence-corrected chi connectivity index (χ1v) is 6.34. The van der Waals surface area contributed by atoms with E-state index in [1.807, 2.05) is 18.3 Å². The molecule has 19 heavy (non-hydrogen) atoms. The summed E-state index contributed by atoms with van der Waals surface area (Å²) in [6, 6.07) is 6.17. The smallest absolute Gasteiger partial charge is 0.205 e. The van der Waals surface area contributed by atoms with Crippen molar-refractivity contribution in [1.82, 2.24) is 10.2 Å². The first-order chi connectivity index (χ1) is 9.17. The molecule has 0 heterocycles. The fourth-order valence-electron chi connectivity index (χ4n) is 2.53. The molecule has 0 fully saturated rings. The lowest BCUT2D eigenvalue weighted by Crippen LogP contribution is -2.40. The van der Waals surface area contributed by atoms with Crippen molar-refractivity contribution in [2.75, 3.05) is 13.2 Å². The van der Waals surface area contributed by atoms with E-state index >= 15 is 0 Å². The highest BCUT2D eigenvalue weighted by atomic mass is 19.1. The van der Waals surface area contributed by atoms with E-state index in [1.54, 1.807) is 0 Å². The van der Waals surface area contributed by atoms with Gasteiger partial charge < -0.3 is 5.32 Å². The summed E-state index contributed by atoms with van der Waals surface area (Å²) in [5.74, 6) is -0.0282. The van der Waals surface area contributed by atoms with Gasteiger partial charge >= 0.3 is 0 Å². The largest absolute Gasteiger partial charge is 0.349 e. The van der Waals surface area contributed by atoms with Gasteiger partial charge in [-0.25, -0.2) is 9.29 Å². The molecule has 5 heteroatoms. The second-order valence-corrected chi connectivity index (χ2v) is 4.67. The normalized spacial score (nSPS) is 16.6. The van der Waals surface area contributed by atoms with Crippen LogP contribution in [0.25, 0.3) is 0 Å². The van der Waals surface area contributed by atoms with Crippen molar-refractivity contribution in [3.8, 4) is 6.19 Å². The van der Waals surface area contributed by atoms with Gasteiger partial charge in [0.25, 0.3) is 0 Å². The average Bonchev–Trinajstić information content (AvgIpc) is 2.80. The van der Waals surface area contributed by atoms with Gasteiger partial charge in [-0.3, -0.25) is 5.41 Å². The molecule has 1 aliphatic rings. The zero-order valence-electron chi connectivity index (χ0n) is 10.9. The van der Waals surface area contributed by atoms with E-state index in [-0.39, 0.29) is 18.5 Å². The second-order valence-electron chi connectivity index (χ2n) is 4.67. The fourth-order valence-corrected chi connectivity index (χ4v) is 2.53. The Labute approximate surface area is 112 Å². The van der Waals surface area contributed by atoms with Crippen LogP contribution in [0, 0.1) is 23.8 Å². The third kappa shape index (κ3) is 2.68. The quantitative estimate of drug-likeness (QED) is 0.379. The number of aryl methyl sites for hydroxylation is 1. The van der Waals surface area contributed by atoms with E-state index in [0.29, 0.717) is 0 Å². The molecule has 0 bridgehead atoms. The van der Waals surface area contributed by atoms with Gasteiger partial charge in [-0.15, -0.1) is 0 Å². The van der Waals surface area contributed by atoms with E-state index in [9.17, 15) is 4.39 Å². The predicted octanol–water partition coefficient (Wildman–Crippen LogP) is 2.26. The maximum absolute atomic E-state index is 12.3. The van der Waals surface area contributed by atoms with Gasteiger partial charge in [0.15, 0.2) is 6.19 Å². The number of nitrogens with zero attached hydrogens (tertiary/aromatic N) is 2. The van der Waals surface area contributed by atoms with Gasteiger partial charge in [-0.05, 0) is 36.5 Å². The Morgan fingerprint density at radius 2 is 2.42 bits per heavy atom. The Morgan fingerprint density at radius 1 is 1.63 bits per heavy atom. The van der Waals surface area contributed by atoms with Crippen molar-refractivity contribution in [3.63, 3.8) is 0 Å². The summed E-state index contributed by atoms with van der Waals surface area (Å²) in [5, 5.41) is 19.7. The molecule has 0 spiro atoms. The number of hydrogen-bond acceptors (Lipinski definition) is 2. The van der Waals surface area contributed by atoms with Crippen molar-refractivity contribution in [2.24, 2.45) is 0 Å². The minimum absolute atomic E-state index is 0.0282. The molecule has 0 saturated heterocycles. The van der Waals surface area contributed by atoms with Crippen molar-refractivity contribution in [2.45, 2.75) is 25.8 Å². The monoisotopic (exact) mass is 260 g/mol. The van der Waals surface area contributed by atoms with Gasteiger partial charge in [-0.1, -0.05) is 18.2 Å². The molecule has 0 radical (unpaired) electrons. The summed E-state index contributed by atoms with van der Waals surface area (Å²) < 4.78 is 12.3. The highest BCUT2D eigenvalue weighted by Gasteiger charge is 2.25. The van der Waals surface area contributed by atoms with Crippen LogP contribution in [-0.2, 0) is 6.42 Å². The van der Waals surface area contributed by atoms with Gasteiger partial charge in [0.1, 0.15) is 6.67 Å². The van der Waals surface area contributed by atoms with E-state index in [2.05, 4.69) is 18.3 Å². The summed E-state index contributed by atoms with van der Waals surface area (Å²) in [4.78, 5) is 1.04. The fraction of sp³-hybridized carbons (Fsp3) is 0.429. The lowest BCUT2D eigenvalue weighted by molar-refractivity contribution is 0.410. The lowest BCUT2D eigenvalue weighted by Gasteiger charge is -2.21. The van der Waals surface area contributed by atoms with E-state index < -0.39 is 6.67 Å². The minimum Gasteiger partial charge on any atom is -0.349 e. The van der Waals surface area contributed by atoms with Crippen LogP contribution in [0.4, 0.5) is 4.39 Å². The summed E-state index contributed by atoms with van der Waals surface area (Å²) >= 11 is 0. The molecular formula is C14H17FN4. The standard InChI is InChI=1S/C14H17FN4/c1-10-3-2-4-12-11(10)5-6-13(12)18-14(17)19(9-16)8-7-15/h2-4,13H,5-8H2,1H3,(H2,17,18). The zero-order valence-corrected chi connectivity index (χ0v) is 10.9. The van der Waals surface area contributed by atoms with Crippen LogP contribution in [0.15, 0.2) is 18.2 Å². The van der Waals surface area contributed by atoms with Gasteiger partial charge in [0, 0.05) is 0 Å². The molecule has 2 N–H and O–H groups in total. The van der Waals surface area contributed by atoms with Gasteiger partial charge in [0.2, 0.25) is 5.96 Å². The summed E-state index contributed by atoms with van der Waals surface area (Å²) in [6.07, 6.45) is 3.69. The Kier molecular flexibility index (Phi) is 4.00. The van der Waals surface area contributed by atoms with Crippen molar-refractivity contribution >= 4 is 5.96 Å². The van der Waals surface area contributed by atoms with Crippen LogP contribution in [0.1, 0.15) is 29.2 Å². The molecular weight excluding hydrogens is 243 g/mol. The van der Waals surface area contributed by atoms with Gasteiger partial charge in [0.05, 0.1) is 12.6 Å². The number of benzene rings is 1. The first-order valence-electron chi connectivity index (χ1n) is 6.34. The third-order valence-electron chi connectivity index (χ3n) is 3.51. The Hall–Kier alpha value is -2.09. The zero-order chi connectivity index (χ0) is 13.8. The molecule has 4 nitrogen and oxygen atoms in total. The number of guanidine groups is 1. The maximum atomic E-state index is 12.3. The van der Waals surface area contributed by atoms with Crippen molar-refractivity contribution in [1.29, 1.82) is 10.7 Å². The molecule has 2 rings (SSSR count). The molecule has 0 aliphatic heterocycles. The molecule has 1 aromatic carbocycles. The van der Waals surface area contributed by atoms with Crippen LogP contribution in [0.3, 0.4) is 0 Å². The highest BCUT2D eigenvalue weighted by molar-refractivity contribution is 5.78. The van der Waals surface area contributed by atoms with Gasteiger partial charge in [-0.2, -0.15) is 5.26 Å². The molecule has 100 valence electrons. The van der Waals surface area contributed by atoms with E-state index in [4.69, 9.17) is 10.7 Å². The highest BCUT2D eigenvalue weighted by Crippen LogP contribution is 2.32. The topological polar surface area (TPSA) is 62.9 Å². The number of halogens is 1. The lowest BCUT2D eigenvalue weighted by atomic mass is 10.0. The number of alkyl halides is 1. The summed E-state index contributed by atoms with van der Waals surface area (Å²) in [7, 11) is 0. The number of fused-ring (bicyclic) bond motifs is 1. The minimum atomic E-state index is -0.641. The molecule has 1 aromatic rings. The number of rotatable bonds is 3. The van der Waals surface area contributed by atoms with Crippen LogP contribution < -0.4 is 5.32 Å². The SMILES string of the molecule is Cc1cccc2c1CCC2NC(=N)N(C#N)CCF. The first kappa shape index (κ1) is 13.3. The van der Waals surface area contributed by atoms with Crippen LogP contribution >= 0.6 is 0 Å².